The van der Waals surface area contributed by atoms with Crippen LogP contribution >= 0.6 is 0 Å². The Balaban J connectivity index is 4.16. The third-order valence-electron chi connectivity index (χ3n) is 1.55. The van der Waals surface area contributed by atoms with Gasteiger partial charge in [0.1, 0.15) is 0 Å². The Labute approximate surface area is 74.2 Å². The minimum Gasteiger partial charge on any atom is -0.211 e. The van der Waals surface area contributed by atoms with Crippen LogP contribution in [0.15, 0.2) is 16.8 Å². The van der Waals surface area contributed by atoms with Gasteiger partial charge < -0.3 is 0 Å². The van der Waals surface area contributed by atoms with Gasteiger partial charge in [0, 0.05) is 5.70 Å². The van der Waals surface area contributed by atoms with Crippen LogP contribution < -0.4 is 0 Å². The van der Waals surface area contributed by atoms with Gasteiger partial charge in [-0.15, -0.1) is 0 Å². The molecule has 0 aromatic heterocycles. The number of hydrogen-bond donors (Lipinski definition) is 0. The summed E-state index contributed by atoms with van der Waals surface area (Å²) >= 11 is 0. The van der Waals surface area contributed by atoms with E-state index in [1.807, 2.05) is 0 Å². The summed E-state index contributed by atoms with van der Waals surface area (Å²) in [6, 6.07) is 0. The van der Waals surface area contributed by atoms with E-state index in [4.69, 9.17) is 0 Å². The molecule has 5 heteroatoms. The second-order valence-electron chi connectivity index (χ2n) is 2.73. The molecule has 1 atom stereocenters. The second-order valence-corrected chi connectivity index (χ2v) is 2.73. The van der Waals surface area contributed by atoms with E-state index in [1.165, 1.54) is 19.1 Å². The Morgan fingerprint density at radius 2 is 2.15 bits per heavy atom. The zero-order valence-corrected chi connectivity index (χ0v) is 7.35. The molecule has 0 unspecified atom stereocenters. The smallest absolute Gasteiger partial charge is 0.211 e. The first-order valence-corrected chi connectivity index (χ1v) is 3.69. The van der Waals surface area contributed by atoms with Crippen LogP contribution in [0, 0.1) is 5.92 Å². The molecule has 0 aromatic carbocycles. The van der Waals surface area contributed by atoms with Crippen molar-refractivity contribution in [3.63, 3.8) is 0 Å². The zero-order chi connectivity index (χ0) is 10.5. The number of hydrogen-bond acceptors (Lipinski definition) is 2. The maximum absolute atomic E-state index is 11.9. The third-order valence-corrected chi connectivity index (χ3v) is 1.55. The van der Waals surface area contributed by atoms with E-state index in [0.29, 0.717) is 0 Å². The molecule has 74 valence electrons. The van der Waals surface area contributed by atoms with Gasteiger partial charge in [0.2, 0.25) is 6.08 Å². The van der Waals surface area contributed by atoms with Gasteiger partial charge in [-0.25, -0.2) is 4.79 Å². The predicted octanol–water partition coefficient (Wildman–Crippen LogP) is 2.81. The van der Waals surface area contributed by atoms with Gasteiger partial charge in [-0.2, -0.15) is 18.2 Å². The van der Waals surface area contributed by atoms with Crippen molar-refractivity contribution < 1.29 is 18.0 Å². The molecule has 0 heterocycles. The summed E-state index contributed by atoms with van der Waals surface area (Å²) in [7, 11) is 0. The fourth-order valence-electron chi connectivity index (χ4n) is 0.599. The minimum atomic E-state index is -4.19. The molecule has 0 spiro atoms. The molecular weight excluding hydrogens is 183 g/mol. The van der Waals surface area contributed by atoms with Gasteiger partial charge in [0.25, 0.3) is 0 Å². The molecule has 0 amide bonds. The largest absolute Gasteiger partial charge is 0.391 e. The molecular formula is C8H10F3NO. The van der Waals surface area contributed by atoms with Crippen LogP contribution in [-0.2, 0) is 4.79 Å². The predicted molar refractivity (Wildman–Crippen MR) is 41.7 cm³/mol. The second kappa shape index (κ2) is 4.82. The maximum atomic E-state index is 11.9. The van der Waals surface area contributed by atoms with Crippen LogP contribution in [0.2, 0.25) is 0 Å². The van der Waals surface area contributed by atoms with E-state index in [9.17, 15) is 18.0 Å². The van der Waals surface area contributed by atoms with E-state index < -0.39 is 12.1 Å². The number of nitrogens with zero attached hydrogens (tertiary/aromatic N) is 1. The monoisotopic (exact) mass is 193 g/mol. The summed E-state index contributed by atoms with van der Waals surface area (Å²) in [5.74, 6) is -1.41. The average Bonchev–Trinajstić information content (AvgIpc) is 1.99. The number of rotatable bonds is 3. The Kier molecular flexibility index (Phi) is 4.42. The van der Waals surface area contributed by atoms with Crippen LogP contribution in [0.5, 0.6) is 0 Å². The summed E-state index contributed by atoms with van der Waals surface area (Å²) in [5, 5.41) is 0. The Hall–Kier alpha value is -1.09. The highest BCUT2D eigenvalue weighted by atomic mass is 19.4. The van der Waals surface area contributed by atoms with Crippen LogP contribution in [0.4, 0.5) is 13.2 Å². The average molecular weight is 193 g/mol. The molecule has 0 rings (SSSR count). The SMILES string of the molecule is C/C(=C\C[C@@H](C)C(F)(F)F)N=C=O. The maximum Gasteiger partial charge on any atom is 0.391 e. The van der Waals surface area contributed by atoms with E-state index in [-0.39, 0.29) is 12.1 Å². The number of allylic oxidation sites excluding steroid dienone is 2. The van der Waals surface area contributed by atoms with Gasteiger partial charge in [-0.1, -0.05) is 13.0 Å². The Morgan fingerprint density at radius 1 is 1.62 bits per heavy atom. The number of halogens is 3. The lowest BCUT2D eigenvalue weighted by atomic mass is 10.1. The van der Waals surface area contributed by atoms with Crippen molar-refractivity contribution >= 4 is 6.08 Å². The summed E-state index contributed by atoms with van der Waals surface area (Å²) in [6.07, 6.45) is -1.84. The van der Waals surface area contributed by atoms with Crippen molar-refractivity contribution in [3.8, 4) is 0 Å². The van der Waals surface area contributed by atoms with E-state index >= 15 is 0 Å². The molecule has 0 saturated heterocycles. The number of aliphatic imine (C=N–C) groups is 1. The standard InChI is InChI=1S/C8H10F3NO/c1-6(8(9,10)11)3-4-7(2)12-5-13/h4,6H,3H2,1-2H3/b7-4+/t6-/m1/s1. The molecule has 0 aliphatic carbocycles. The number of isocyanates is 1. The molecule has 0 N–H and O–H groups in total. The third kappa shape index (κ3) is 5.20. The molecule has 0 aliphatic rings. The van der Waals surface area contributed by atoms with Gasteiger partial charge in [0.15, 0.2) is 0 Å². The van der Waals surface area contributed by atoms with Crippen molar-refractivity contribution in [2.75, 3.05) is 0 Å². The summed E-state index contributed by atoms with van der Waals surface area (Å²) in [4.78, 5) is 12.9. The van der Waals surface area contributed by atoms with Crippen LogP contribution in [0.3, 0.4) is 0 Å². The summed E-state index contributed by atoms with van der Waals surface area (Å²) in [5.41, 5.74) is 0.256. The fraction of sp³-hybridized carbons (Fsp3) is 0.625. The lowest BCUT2D eigenvalue weighted by Gasteiger charge is -2.12. The molecule has 0 bridgehead atoms. The zero-order valence-electron chi connectivity index (χ0n) is 7.35. The van der Waals surface area contributed by atoms with Crippen molar-refractivity contribution in [1.29, 1.82) is 0 Å². The highest BCUT2D eigenvalue weighted by Gasteiger charge is 2.34. The molecule has 0 fully saturated rings. The lowest BCUT2D eigenvalue weighted by molar-refractivity contribution is -0.168. The summed E-state index contributed by atoms with van der Waals surface area (Å²) in [6.45, 7) is 2.53. The topological polar surface area (TPSA) is 29.4 Å². The minimum absolute atomic E-state index is 0.166. The normalized spacial score (nSPS) is 15.0. The van der Waals surface area contributed by atoms with Crippen LogP contribution in [-0.4, -0.2) is 12.3 Å². The first-order valence-electron chi connectivity index (χ1n) is 3.69. The highest BCUT2D eigenvalue weighted by molar-refractivity contribution is 5.36. The molecule has 0 radical (unpaired) electrons. The van der Waals surface area contributed by atoms with E-state index in [2.05, 4.69) is 4.99 Å². The van der Waals surface area contributed by atoms with Crippen molar-refractivity contribution in [2.24, 2.45) is 10.9 Å². The van der Waals surface area contributed by atoms with Crippen molar-refractivity contribution in [3.05, 3.63) is 11.8 Å². The lowest BCUT2D eigenvalue weighted by Crippen LogP contribution is -2.18. The van der Waals surface area contributed by atoms with Gasteiger partial charge in [0.05, 0.1) is 5.92 Å². The number of carbonyl (C=O) groups excluding carboxylic acids is 1. The first-order chi connectivity index (χ1) is 5.88. The van der Waals surface area contributed by atoms with Crippen LogP contribution in [0.25, 0.3) is 0 Å². The molecule has 0 aliphatic heterocycles. The van der Waals surface area contributed by atoms with Crippen molar-refractivity contribution in [2.45, 2.75) is 26.4 Å². The van der Waals surface area contributed by atoms with Crippen molar-refractivity contribution in [1.82, 2.24) is 0 Å². The first kappa shape index (κ1) is 11.9. The molecule has 13 heavy (non-hydrogen) atoms. The molecule has 0 aromatic rings. The van der Waals surface area contributed by atoms with Crippen LogP contribution in [0.1, 0.15) is 20.3 Å². The van der Waals surface area contributed by atoms with Gasteiger partial charge in [-0.3, -0.25) is 0 Å². The molecule has 2 nitrogen and oxygen atoms in total. The molecule has 0 saturated carbocycles. The summed E-state index contributed by atoms with van der Waals surface area (Å²) < 4.78 is 35.8. The number of alkyl halides is 3. The Bertz CT molecular complexity index is 238. The van der Waals surface area contributed by atoms with Gasteiger partial charge in [-0.05, 0) is 13.3 Å². The Morgan fingerprint density at radius 3 is 2.54 bits per heavy atom. The van der Waals surface area contributed by atoms with Gasteiger partial charge >= 0.3 is 6.18 Å². The van der Waals surface area contributed by atoms with E-state index in [1.54, 1.807) is 0 Å². The highest BCUT2D eigenvalue weighted by Crippen LogP contribution is 2.28. The fourth-order valence-corrected chi connectivity index (χ4v) is 0.599. The van der Waals surface area contributed by atoms with E-state index in [0.717, 1.165) is 6.92 Å². The quantitative estimate of drug-likeness (QED) is 0.500.